The second-order valence-electron chi connectivity index (χ2n) is 17.7. The number of hydrogen-bond acceptors (Lipinski definition) is 14. The second-order valence-corrected chi connectivity index (χ2v) is 17.9. The SMILES string of the molecule is CC(=O)O[C@@]12COC1C[C@H](OC(=O)OCCl)[C@@]1(C)C(=O)[C@H](C)C3=C(C)C(OC(=O)[C@H](O)C(NC(=O)c4ccccc4)c4ccccc4)C[C@@](O)([C@@H](OC(=O)c4ccccc4)[C@@H]12)C3(C)C. The van der Waals surface area contributed by atoms with Crippen molar-refractivity contribution < 1.29 is 67.4 Å². The van der Waals surface area contributed by atoms with Gasteiger partial charge in [0.2, 0.25) is 0 Å². The Labute approximate surface area is 375 Å². The molecule has 3 aliphatic carbocycles. The first kappa shape index (κ1) is 46.4. The molecule has 11 atom stereocenters. The molecule has 3 fully saturated rings. The maximum Gasteiger partial charge on any atom is 0.509 e. The minimum atomic E-state index is -2.28. The van der Waals surface area contributed by atoms with Gasteiger partial charge in [-0.3, -0.25) is 14.4 Å². The zero-order valence-corrected chi connectivity index (χ0v) is 37.0. The first-order valence-corrected chi connectivity index (χ1v) is 21.6. The minimum absolute atomic E-state index is 0.0861. The van der Waals surface area contributed by atoms with Gasteiger partial charge in [0, 0.05) is 36.7 Å². The number of Topliss-reactive ketones (excluding diaryl/α,β-unsaturated/α-hetero) is 1. The van der Waals surface area contributed by atoms with E-state index in [0.717, 1.165) is 0 Å². The number of halogens is 1. The molecule has 0 spiro atoms. The predicted molar refractivity (Wildman–Crippen MR) is 227 cm³/mol. The molecule has 0 radical (unpaired) electrons. The Morgan fingerprint density at radius 2 is 1.48 bits per heavy atom. The molecule has 15 nitrogen and oxygen atoms in total. The molecule has 2 bridgehead atoms. The minimum Gasteiger partial charge on any atom is -0.456 e. The van der Waals surface area contributed by atoms with Crippen LogP contribution < -0.4 is 5.32 Å². The van der Waals surface area contributed by atoms with Crippen molar-refractivity contribution >= 4 is 47.4 Å². The third kappa shape index (κ3) is 7.86. The number of aliphatic hydroxyl groups excluding tert-OH is 1. The summed E-state index contributed by atoms with van der Waals surface area (Å²) in [7, 11) is 0. The Bertz CT molecular complexity index is 2320. The van der Waals surface area contributed by atoms with Gasteiger partial charge in [0.15, 0.2) is 17.8 Å². The van der Waals surface area contributed by atoms with Crippen LogP contribution in [-0.4, -0.2) is 100 Å². The Balaban J connectivity index is 1.37. The van der Waals surface area contributed by atoms with Crippen molar-refractivity contribution in [1.29, 1.82) is 0 Å². The summed E-state index contributed by atoms with van der Waals surface area (Å²) in [6.45, 7) is 9.04. The van der Waals surface area contributed by atoms with Gasteiger partial charge in [-0.1, -0.05) is 99.1 Å². The highest BCUT2D eigenvalue weighted by Crippen LogP contribution is 2.65. The molecule has 1 heterocycles. The average Bonchev–Trinajstić information content (AvgIpc) is 3.26. The van der Waals surface area contributed by atoms with E-state index in [1.165, 1.54) is 26.0 Å². The van der Waals surface area contributed by atoms with Crippen LogP contribution in [0.2, 0.25) is 0 Å². The van der Waals surface area contributed by atoms with Gasteiger partial charge in [-0.05, 0) is 54.8 Å². The number of amides is 1. The summed E-state index contributed by atoms with van der Waals surface area (Å²) < 4.78 is 35.6. The molecule has 1 aliphatic heterocycles. The Hall–Kier alpha value is -5.61. The molecule has 4 aliphatic rings. The number of esters is 3. The third-order valence-corrected chi connectivity index (χ3v) is 14.0. The summed E-state index contributed by atoms with van der Waals surface area (Å²) in [5.41, 5.74) is -5.92. The number of carbonyl (C=O) groups is 6. The van der Waals surface area contributed by atoms with E-state index < -0.39 is 119 Å². The van der Waals surface area contributed by atoms with Crippen LogP contribution in [0.15, 0.2) is 102 Å². The molecule has 1 saturated heterocycles. The van der Waals surface area contributed by atoms with Gasteiger partial charge in [-0.2, -0.15) is 0 Å². The number of ether oxygens (including phenoxy) is 6. The zero-order valence-electron chi connectivity index (χ0n) is 36.3. The van der Waals surface area contributed by atoms with Gasteiger partial charge < -0.3 is 44.0 Å². The van der Waals surface area contributed by atoms with Crippen molar-refractivity contribution in [2.75, 3.05) is 12.7 Å². The van der Waals surface area contributed by atoms with Gasteiger partial charge in [-0.25, -0.2) is 14.4 Å². The normalized spacial score (nSPS) is 31.2. The fraction of sp³-hybridized carbons (Fsp3) is 0.458. The lowest BCUT2D eigenvalue weighted by molar-refractivity contribution is -0.345. The number of nitrogens with one attached hydrogen (secondary N) is 1. The van der Waals surface area contributed by atoms with E-state index in [-0.39, 0.29) is 24.2 Å². The second kappa shape index (κ2) is 17.8. The maximum absolute atomic E-state index is 15.7. The van der Waals surface area contributed by atoms with Crippen LogP contribution in [-0.2, 0) is 42.8 Å². The molecule has 3 N–H and O–H groups in total. The van der Waals surface area contributed by atoms with Crippen LogP contribution >= 0.6 is 11.6 Å². The summed E-state index contributed by atoms with van der Waals surface area (Å²) in [5, 5.41) is 28.3. The molecule has 64 heavy (non-hydrogen) atoms. The molecule has 16 heteroatoms. The van der Waals surface area contributed by atoms with Gasteiger partial charge in [0.25, 0.3) is 5.91 Å². The largest absolute Gasteiger partial charge is 0.509 e. The van der Waals surface area contributed by atoms with Crippen LogP contribution in [0.5, 0.6) is 0 Å². The van der Waals surface area contributed by atoms with Crippen molar-refractivity contribution in [3.63, 3.8) is 0 Å². The Kier molecular flexibility index (Phi) is 12.9. The van der Waals surface area contributed by atoms with Crippen molar-refractivity contribution in [2.24, 2.45) is 22.7 Å². The van der Waals surface area contributed by atoms with E-state index in [9.17, 15) is 34.2 Å². The van der Waals surface area contributed by atoms with Gasteiger partial charge >= 0.3 is 24.1 Å². The van der Waals surface area contributed by atoms with E-state index in [2.05, 4.69) is 5.32 Å². The molecule has 340 valence electrons. The number of fused-ring (bicyclic) bond motifs is 5. The van der Waals surface area contributed by atoms with E-state index >= 15 is 4.79 Å². The molecule has 0 aromatic heterocycles. The van der Waals surface area contributed by atoms with Crippen LogP contribution in [0.3, 0.4) is 0 Å². The van der Waals surface area contributed by atoms with Gasteiger partial charge in [0.1, 0.15) is 35.8 Å². The lowest BCUT2D eigenvalue weighted by atomic mass is 9.43. The number of benzene rings is 3. The first-order valence-electron chi connectivity index (χ1n) is 21.1. The topological polar surface area (TPSA) is 210 Å². The van der Waals surface area contributed by atoms with Crippen molar-refractivity contribution in [2.45, 2.75) is 102 Å². The number of rotatable bonds is 11. The highest BCUT2D eigenvalue weighted by molar-refractivity contribution is 6.17. The van der Waals surface area contributed by atoms with Crippen LogP contribution in [0.1, 0.15) is 86.7 Å². The van der Waals surface area contributed by atoms with Crippen LogP contribution in [0.4, 0.5) is 4.79 Å². The number of ketones is 1. The van der Waals surface area contributed by atoms with Crippen molar-refractivity contribution in [1.82, 2.24) is 5.32 Å². The highest BCUT2D eigenvalue weighted by atomic mass is 35.5. The number of alkyl halides is 1. The van der Waals surface area contributed by atoms with Crippen molar-refractivity contribution in [3.8, 4) is 0 Å². The summed E-state index contributed by atoms with van der Waals surface area (Å²) in [4.78, 5) is 84.0. The van der Waals surface area contributed by atoms with Crippen LogP contribution in [0.25, 0.3) is 0 Å². The van der Waals surface area contributed by atoms with Crippen molar-refractivity contribution in [3.05, 3.63) is 119 Å². The molecular weight excluding hydrogens is 850 g/mol. The predicted octanol–water partition coefficient (Wildman–Crippen LogP) is 5.80. The van der Waals surface area contributed by atoms with E-state index in [1.807, 2.05) is 0 Å². The smallest absolute Gasteiger partial charge is 0.456 e. The molecule has 3 unspecified atom stereocenters. The summed E-state index contributed by atoms with van der Waals surface area (Å²) >= 11 is 5.72. The number of aliphatic hydroxyl groups is 2. The third-order valence-electron chi connectivity index (χ3n) is 13.9. The van der Waals surface area contributed by atoms with Gasteiger partial charge in [0.05, 0.1) is 29.5 Å². The average molecular weight is 902 g/mol. The Morgan fingerprint density at radius 1 is 0.891 bits per heavy atom. The lowest BCUT2D eigenvalue weighted by Gasteiger charge is -2.67. The summed E-state index contributed by atoms with van der Waals surface area (Å²) in [6.07, 6.45) is -9.34. The standard InChI is InChI=1S/C48H52ClNO14/c1-26-32(61-43(56)37(52)36(29-16-10-7-11-17-29)50-41(54)30-18-12-8-13-19-30)23-48(58)40(63-42(55)31-20-14-9-15-21-31)38-46(6,39(53)27(2)35(26)45(48,4)5)33(62-44(57)60-25-49)22-34-47(38,24-59-34)64-28(3)51/h7-21,27,32-34,36-38,40,52,58H,22-25H2,1-6H3,(H,50,54)/t27-,32?,33+,34?,36?,37-,38+,40+,46-,47+,48-/m1/s1. The monoisotopic (exact) mass is 901 g/mol. The summed E-state index contributed by atoms with van der Waals surface area (Å²) in [6, 6.07) is 22.7. The fourth-order valence-electron chi connectivity index (χ4n) is 10.8. The molecule has 7 rings (SSSR count). The molecule has 3 aromatic rings. The Morgan fingerprint density at radius 3 is 2.05 bits per heavy atom. The van der Waals surface area contributed by atoms with E-state index in [4.69, 9.17) is 40.0 Å². The molecule has 3 aromatic carbocycles. The molecule has 1 amide bonds. The lowest BCUT2D eigenvalue weighted by Crippen LogP contribution is -2.81. The molecule has 2 saturated carbocycles. The zero-order chi connectivity index (χ0) is 46.4. The number of carbonyl (C=O) groups excluding carboxylic acids is 6. The summed E-state index contributed by atoms with van der Waals surface area (Å²) in [5.74, 6) is -6.53. The highest BCUT2D eigenvalue weighted by Gasteiger charge is 2.78. The number of hydrogen-bond donors (Lipinski definition) is 3. The quantitative estimate of drug-likeness (QED) is 0.0900. The maximum atomic E-state index is 15.7. The first-order chi connectivity index (χ1) is 30.3. The fourth-order valence-corrected chi connectivity index (χ4v) is 10.9. The van der Waals surface area contributed by atoms with Crippen LogP contribution in [0, 0.1) is 22.7 Å². The van der Waals surface area contributed by atoms with E-state index in [1.54, 1.807) is 107 Å². The van der Waals surface area contributed by atoms with E-state index in [0.29, 0.717) is 16.7 Å². The molecular formula is C48H52ClNO14. The van der Waals surface area contributed by atoms with Gasteiger partial charge in [-0.15, -0.1) is 0 Å².